The van der Waals surface area contributed by atoms with Gasteiger partial charge < -0.3 is 10.1 Å². The number of rotatable bonds is 4. The van der Waals surface area contributed by atoms with Gasteiger partial charge in [-0.1, -0.05) is 0 Å². The number of ether oxygens (including phenoxy) is 1. The van der Waals surface area contributed by atoms with E-state index >= 15 is 0 Å². The molecule has 2 aromatic heterocycles. The molecule has 20 heavy (non-hydrogen) atoms. The van der Waals surface area contributed by atoms with Crippen LogP contribution in [-0.4, -0.2) is 11.4 Å². The first-order chi connectivity index (χ1) is 9.78. The van der Waals surface area contributed by atoms with Crippen LogP contribution in [0.2, 0.25) is 0 Å². The summed E-state index contributed by atoms with van der Waals surface area (Å²) in [6.45, 7) is 0. The number of hydrogen-bond donors (Lipinski definition) is 1. The van der Waals surface area contributed by atoms with Crippen LogP contribution in [0, 0.1) is 5.82 Å². The molecule has 0 unspecified atom stereocenters. The lowest BCUT2D eigenvalue weighted by Crippen LogP contribution is -1.95. The molecule has 0 aliphatic heterocycles. The summed E-state index contributed by atoms with van der Waals surface area (Å²) in [6, 6.07) is 7.81. The molecule has 3 aromatic rings. The van der Waals surface area contributed by atoms with Crippen LogP contribution in [0.1, 0.15) is 0 Å². The second-order valence-electron chi connectivity index (χ2n) is 3.95. The van der Waals surface area contributed by atoms with Crippen molar-refractivity contribution in [1.29, 1.82) is 0 Å². The van der Waals surface area contributed by atoms with Crippen LogP contribution in [0.5, 0.6) is 11.5 Å². The average Bonchev–Trinajstić information content (AvgIpc) is 2.91. The van der Waals surface area contributed by atoms with E-state index < -0.39 is 5.82 Å². The molecule has 0 fully saturated rings. The van der Waals surface area contributed by atoms with E-state index in [0.717, 1.165) is 10.2 Å². The van der Waals surface area contributed by atoms with E-state index in [1.807, 2.05) is 11.4 Å². The highest BCUT2D eigenvalue weighted by Crippen LogP contribution is 2.33. The Morgan fingerprint density at radius 2 is 2.15 bits per heavy atom. The SMILES string of the molecule is O=CNc1ccc(Oc2ccnc3ccsc23)c(F)c1. The van der Waals surface area contributed by atoms with Crippen molar-refractivity contribution in [3.05, 3.63) is 47.7 Å². The Morgan fingerprint density at radius 3 is 2.95 bits per heavy atom. The molecule has 0 aliphatic rings. The molecule has 0 aliphatic carbocycles. The summed E-state index contributed by atoms with van der Waals surface area (Å²) in [5.41, 5.74) is 1.19. The zero-order valence-corrected chi connectivity index (χ0v) is 11.0. The third-order valence-corrected chi connectivity index (χ3v) is 3.60. The molecular formula is C14H9FN2O2S. The fourth-order valence-corrected chi connectivity index (χ4v) is 2.59. The van der Waals surface area contributed by atoms with Gasteiger partial charge in [0.1, 0.15) is 5.75 Å². The van der Waals surface area contributed by atoms with E-state index in [0.29, 0.717) is 17.8 Å². The Bertz CT molecular complexity index is 773. The Kier molecular flexibility index (Phi) is 3.30. The van der Waals surface area contributed by atoms with E-state index in [1.165, 1.54) is 23.5 Å². The highest BCUT2D eigenvalue weighted by molar-refractivity contribution is 7.17. The zero-order valence-electron chi connectivity index (χ0n) is 10.2. The third-order valence-electron chi connectivity index (χ3n) is 2.69. The number of carbonyl (C=O) groups is 1. The summed E-state index contributed by atoms with van der Waals surface area (Å²) in [4.78, 5) is 14.5. The fourth-order valence-electron chi connectivity index (χ4n) is 1.79. The van der Waals surface area contributed by atoms with Crippen molar-refractivity contribution in [1.82, 2.24) is 4.98 Å². The Morgan fingerprint density at radius 1 is 1.25 bits per heavy atom. The monoisotopic (exact) mass is 288 g/mol. The molecule has 100 valence electrons. The van der Waals surface area contributed by atoms with Gasteiger partial charge in [0.05, 0.1) is 10.2 Å². The minimum atomic E-state index is -0.543. The number of aromatic nitrogens is 1. The number of pyridine rings is 1. The standard InChI is InChI=1S/C14H9FN2O2S/c15-10-7-9(17-8-18)1-2-12(10)19-13-3-5-16-11-4-6-20-14(11)13/h1-8H,(H,17,18). The van der Waals surface area contributed by atoms with Gasteiger partial charge in [0.15, 0.2) is 11.6 Å². The number of nitrogens with one attached hydrogen (secondary N) is 1. The van der Waals surface area contributed by atoms with E-state index in [4.69, 9.17) is 4.74 Å². The number of halogens is 1. The number of amides is 1. The molecule has 0 radical (unpaired) electrons. The molecular weight excluding hydrogens is 279 g/mol. The number of nitrogens with zero attached hydrogens (tertiary/aromatic N) is 1. The number of fused-ring (bicyclic) bond motifs is 1. The minimum Gasteiger partial charge on any atom is -0.453 e. The topological polar surface area (TPSA) is 51.2 Å². The van der Waals surface area contributed by atoms with Crippen LogP contribution < -0.4 is 10.1 Å². The number of hydrogen-bond acceptors (Lipinski definition) is 4. The van der Waals surface area contributed by atoms with Crippen molar-refractivity contribution in [2.45, 2.75) is 0 Å². The first kappa shape index (κ1) is 12.6. The Labute approximate surface area is 117 Å². The van der Waals surface area contributed by atoms with Gasteiger partial charge in [-0.2, -0.15) is 0 Å². The van der Waals surface area contributed by atoms with Crippen LogP contribution in [0.3, 0.4) is 0 Å². The first-order valence-electron chi connectivity index (χ1n) is 5.78. The summed E-state index contributed by atoms with van der Waals surface area (Å²) in [5.74, 6) is 0.112. The summed E-state index contributed by atoms with van der Waals surface area (Å²) in [6.07, 6.45) is 2.11. The van der Waals surface area contributed by atoms with Crippen molar-refractivity contribution in [2.24, 2.45) is 0 Å². The lowest BCUT2D eigenvalue weighted by atomic mass is 10.3. The maximum Gasteiger partial charge on any atom is 0.211 e. The number of carbonyl (C=O) groups excluding carboxylic acids is 1. The van der Waals surface area contributed by atoms with Gasteiger partial charge in [0, 0.05) is 24.0 Å². The summed E-state index contributed by atoms with van der Waals surface area (Å²) < 4.78 is 20.3. The highest BCUT2D eigenvalue weighted by atomic mass is 32.1. The van der Waals surface area contributed by atoms with Gasteiger partial charge in [-0.15, -0.1) is 11.3 Å². The van der Waals surface area contributed by atoms with Crippen molar-refractivity contribution in [3.8, 4) is 11.5 Å². The smallest absolute Gasteiger partial charge is 0.211 e. The largest absolute Gasteiger partial charge is 0.453 e. The van der Waals surface area contributed by atoms with Gasteiger partial charge in [0.2, 0.25) is 6.41 Å². The van der Waals surface area contributed by atoms with Gasteiger partial charge in [-0.25, -0.2) is 4.39 Å². The highest BCUT2D eigenvalue weighted by Gasteiger charge is 2.09. The maximum absolute atomic E-state index is 13.9. The molecule has 0 saturated heterocycles. The zero-order chi connectivity index (χ0) is 13.9. The average molecular weight is 288 g/mol. The van der Waals surface area contributed by atoms with Gasteiger partial charge in [0.25, 0.3) is 0 Å². The lowest BCUT2D eigenvalue weighted by molar-refractivity contribution is -0.105. The summed E-state index contributed by atoms with van der Waals surface area (Å²) in [5, 5.41) is 4.28. The molecule has 0 saturated carbocycles. The second-order valence-corrected chi connectivity index (χ2v) is 4.87. The molecule has 0 spiro atoms. The molecule has 1 aromatic carbocycles. The third kappa shape index (κ3) is 2.33. The van der Waals surface area contributed by atoms with Crippen molar-refractivity contribution in [2.75, 3.05) is 5.32 Å². The normalized spacial score (nSPS) is 10.4. The van der Waals surface area contributed by atoms with Crippen LogP contribution in [0.25, 0.3) is 10.2 Å². The Balaban J connectivity index is 1.94. The molecule has 1 N–H and O–H groups in total. The molecule has 6 heteroatoms. The van der Waals surface area contributed by atoms with Crippen LogP contribution >= 0.6 is 11.3 Å². The summed E-state index contributed by atoms with van der Waals surface area (Å²) in [7, 11) is 0. The molecule has 4 nitrogen and oxygen atoms in total. The number of anilines is 1. The van der Waals surface area contributed by atoms with Crippen molar-refractivity contribution >= 4 is 33.7 Å². The predicted molar refractivity (Wildman–Crippen MR) is 75.8 cm³/mol. The van der Waals surface area contributed by atoms with Gasteiger partial charge in [-0.05, 0) is 23.6 Å². The van der Waals surface area contributed by atoms with E-state index in [-0.39, 0.29) is 5.75 Å². The minimum absolute atomic E-state index is 0.0994. The van der Waals surface area contributed by atoms with Crippen molar-refractivity contribution < 1.29 is 13.9 Å². The van der Waals surface area contributed by atoms with Crippen molar-refractivity contribution in [3.63, 3.8) is 0 Å². The van der Waals surface area contributed by atoms with Crippen LogP contribution in [0.4, 0.5) is 10.1 Å². The quantitative estimate of drug-likeness (QED) is 0.743. The number of thiophene rings is 1. The predicted octanol–water partition coefficient (Wildman–Crippen LogP) is 3.80. The fraction of sp³-hybridized carbons (Fsp3) is 0. The van der Waals surface area contributed by atoms with Gasteiger partial charge >= 0.3 is 0 Å². The Hall–Kier alpha value is -2.47. The van der Waals surface area contributed by atoms with E-state index in [1.54, 1.807) is 18.3 Å². The maximum atomic E-state index is 13.9. The first-order valence-corrected chi connectivity index (χ1v) is 6.65. The second kappa shape index (κ2) is 5.26. The molecule has 1 amide bonds. The van der Waals surface area contributed by atoms with Crippen LogP contribution in [-0.2, 0) is 4.79 Å². The van der Waals surface area contributed by atoms with Crippen LogP contribution in [0.15, 0.2) is 41.9 Å². The van der Waals surface area contributed by atoms with E-state index in [2.05, 4.69) is 10.3 Å². The number of benzene rings is 1. The molecule has 2 heterocycles. The molecule has 0 bridgehead atoms. The van der Waals surface area contributed by atoms with E-state index in [9.17, 15) is 9.18 Å². The lowest BCUT2D eigenvalue weighted by Gasteiger charge is -2.08. The van der Waals surface area contributed by atoms with Gasteiger partial charge in [-0.3, -0.25) is 9.78 Å². The summed E-state index contributed by atoms with van der Waals surface area (Å²) >= 11 is 1.48. The molecule has 3 rings (SSSR count). The molecule has 0 atom stereocenters.